The lowest BCUT2D eigenvalue weighted by Crippen LogP contribution is -2.33. The first kappa shape index (κ1) is 14.3. The summed E-state index contributed by atoms with van der Waals surface area (Å²) in [7, 11) is 0. The van der Waals surface area contributed by atoms with Gasteiger partial charge in [-0.05, 0) is 31.2 Å². The van der Waals surface area contributed by atoms with Crippen molar-refractivity contribution in [3.8, 4) is 0 Å². The van der Waals surface area contributed by atoms with Crippen molar-refractivity contribution in [2.75, 3.05) is 32.7 Å². The van der Waals surface area contributed by atoms with Crippen LogP contribution in [0.25, 0.3) is 0 Å². The molecular formula is C13H28N4. The lowest BCUT2D eigenvalue weighted by Gasteiger charge is -2.17. The molecule has 1 aliphatic rings. The highest BCUT2D eigenvalue weighted by atomic mass is 15.2. The van der Waals surface area contributed by atoms with Crippen LogP contribution < -0.4 is 11.1 Å². The Kier molecular flexibility index (Phi) is 6.34. The van der Waals surface area contributed by atoms with Gasteiger partial charge >= 0.3 is 0 Å². The Bertz CT molecular complexity index is 238. The van der Waals surface area contributed by atoms with E-state index >= 15 is 0 Å². The fraction of sp³-hybridized carbons (Fsp3) is 0.923. The van der Waals surface area contributed by atoms with Gasteiger partial charge < -0.3 is 16.0 Å². The molecule has 0 aromatic rings. The van der Waals surface area contributed by atoms with Crippen molar-refractivity contribution in [3.05, 3.63) is 0 Å². The van der Waals surface area contributed by atoms with E-state index in [0.29, 0.717) is 11.9 Å². The third-order valence-corrected chi connectivity index (χ3v) is 3.07. The van der Waals surface area contributed by atoms with Gasteiger partial charge in [-0.2, -0.15) is 0 Å². The quantitative estimate of drug-likeness (QED) is 0.543. The maximum absolute atomic E-state index is 5.78. The number of nitrogens with zero attached hydrogens (tertiary/aromatic N) is 2. The van der Waals surface area contributed by atoms with Crippen molar-refractivity contribution in [2.45, 2.75) is 33.6 Å². The molecule has 1 unspecified atom stereocenters. The highest BCUT2D eigenvalue weighted by Crippen LogP contribution is 2.17. The van der Waals surface area contributed by atoms with E-state index in [1.807, 2.05) is 0 Å². The molecule has 17 heavy (non-hydrogen) atoms. The lowest BCUT2D eigenvalue weighted by molar-refractivity contribution is 0.288. The largest absolute Gasteiger partial charge is 0.370 e. The van der Waals surface area contributed by atoms with Gasteiger partial charge in [0.2, 0.25) is 0 Å². The summed E-state index contributed by atoms with van der Waals surface area (Å²) in [5, 5.41) is 3.11. The summed E-state index contributed by atoms with van der Waals surface area (Å²) in [6.07, 6.45) is 2.35. The SMILES string of the molecule is CCCNC(N)=NCC1CCN(CC(C)C)C1. The molecule has 4 heteroatoms. The molecule has 3 N–H and O–H groups in total. The molecule has 1 rings (SSSR count). The summed E-state index contributed by atoms with van der Waals surface area (Å²) >= 11 is 0. The van der Waals surface area contributed by atoms with Crippen LogP contribution in [0.2, 0.25) is 0 Å². The second-order valence-electron chi connectivity index (χ2n) is 5.46. The van der Waals surface area contributed by atoms with Crippen molar-refractivity contribution in [1.82, 2.24) is 10.2 Å². The summed E-state index contributed by atoms with van der Waals surface area (Å²) in [5.74, 6) is 2.05. The lowest BCUT2D eigenvalue weighted by atomic mass is 10.1. The van der Waals surface area contributed by atoms with Crippen LogP contribution in [0, 0.1) is 11.8 Å². The van der Waals surface area contributed by atoms with Gasteiger partial charge in [-0.15, -0.1) is 0 Å². The zero-order valence-corrected chi connectivity index (χ0v) is 11.6. The second kappa shape index (κ2) is 7.54. The van der Waals surface area contributed by atoms with E-state index in [0.717, 1.165) is 25.4 Å². The summed E-state index contributed by atoms with van der Waals surface area (Å²) in [6.45, 7) is 12.1. The Morgan fingerprint density at radius 1 is 1.53 bits per heavy atom. The zero-order chi connectivity index (χ0) is 12.7. The number of hydrogen-bond acceptors (Lipinski definition) is 2. The van der Waals surface area contributed by atoms with Crippen molar-refractivity contribution < 1.29 is 0 Å². The van der Waals surface area contributed by atoms with Crippen LogP contribution in [0.3, 0.4) is 0 Å². The first-order valence-electron chi connectivity index (χ1n) is 6.88. The fourth-order valence-corrected chi connectivity index (χ4v) is 2.28. The molecule has 4 nitrogen and oxygen atoms in total. The number of rotatable bonds is 6. The number of likely N-dealkylation sites (tertiary alicyclic amines) is 1. The number of nitrogens with one attached hydrogen (secondary N) is 1. The van der Waals surface area contributed by atoms with Gasteiger partial charge in [-0.25, -0.2) is 0 Å². The van der Waals surface area contributed by atoms with Gasteiger partial charge in [0.25, 0.3) is 0 Å². The minimum Gasteiger partial charge on any atom is -0.370 e. The van der Waals surface area contributed by atoms with Crippen molar-refractivity contribution in [3.63, 3.8) is 0 Å². The van der Waals surface area contributed by atoms with Crippen molar-refractivity contribution in [1.29, 1.82) is 0 Å². The minimum absolute atomic E-state index is 0.606. The molecule has 0 amide bonds. The van der Waals surface area contributed by atoms with Crippen molar-refractivity contribution in [2.24, 2.45) is 22.6 Å². The molecule has 0 aromatic heterocycles. The molecule has 0 aliphatic carbocycles. The van der Waals surface area contributed by atoms with Crippen LogP contribution in [-0.2, 0) is 0 Å². The van der Waals surface area contributed by atoms with E-state index in [2.05, 4.69) is 36.0 Å². The van der Waals surface area contributed by atoms with Gasteiger partial charge in [-0.3, -0.25) is 4.99 Å². The van der Waals surface area contributed by atoms with Crippen LogP contribution >= 0.6 is 0 Å². The summed E-state index contributed by atoms with van der Waals surface area (Å²) in [6, 6.07) is 0. The molecule has 1 aliphatic heterocycles. The Morgan fingerprint density at radius 3 is 2.94 bits per heavy atom. The number of hydrogen-bond donors (Lipinski definition) is 2. The maximum atomic E-state index is 5.78. The highest BCUT2D eigenvalue weighted by molar-refractivity contribution is 5.77. The molecular weight excluding hydrogens is 212 g/mol. The van der Waals surface area contributed by atoms with Gasteiger partial charge in [0.15, 0.2) is 5.96 Å². The van der Waals surface area contributed by atoms with Crippen LogP contribution in [-0.4, -0.2) is 43.6 Å². The van der Waals surface area contributed by atoms with E-state index in [9.17, 15) is 0 Å². The maximum Gasteiger partial charge on any atom is 0.188 e. The summed E-state index contributed by atoms with van der Waals surface area (Å²) < 4.78 is 0. The summed E-state index contributed by atoms with van der Waals surface area (Å²) in [5.41, 5.74) is 5.78. The molecule has 0 aromatic carbocycles. The Balaban J connectivity index is 2.21. The molecule has 1 fully saturated rings. The third-order valence-electron chi connectivity index (χ3n) is 3.07. The Hall–Kier alpha value is -0.770. The smallest absolute Gasteiger partial charge is 0.188 e. The Labute approximate surface area is 106 Å². The predicted octanol–water partition coefficient (Wildman–Crippen LogP) is 1.28. The average molecular weight is 240 g/mol. The van der Waals surface area contributed by atoms with E-state index < -0.39 is 0 Å². The molecule has 0 bridgehead atoms. The average Bonchev–Trinajstić information content (AvgIpc) is 2.70. The molecule has 0 saturated carbocycles. The first-order chi connectivity index (χ1) is 8.11. The summed E-state index contributed by atoms with van der Waals surface area (Å²) in [4.78, 5) is 6.96. The van der Waals surface area contributed by atoms with Crippen LogP contribution in [0.15, 0.2) is 4.99 Å². The van der Waals surface area contributed by atoms with E-state index in [1.54, 1.807) is 0 Å². The van der Waals surface area contributed by atoms with Gasteiger partial charge in [0, 0.05) is 26.2 Å². The minimum atomic E-state index is 0.606. The van der Waals surface area contributed by atoms with Gasteiger partial charge in [-0.1, -0.05) is 20.8 Å². The monoisotopic (exact) mass is 240 g/mol. The second-order valence-corrected chi connectivity index (χ2v) is 5.46. The van der Waals surface area contributed by atoms with Crippen LogP contribution in [0.5, 0.6) is 0 Å². The van der Waals surface area contributed by atoms with Crippen LogP contribution in [0.4, 0.5) is 0 Å². The van der Waals surface area contributed by atoms with E-state index in [-0.39, 0.29) is 0 Å². The molecule has 100 valence electrons. The molecule has 0 spiro atoms. The molecule has 1 atom stereocenters. The number of guanidine groups is 1. The number of aliphatic imine (C=N–C) groups is 1. The van der Waals surface area contributed by atoms with E-state index in [4.69, 9.17) is 5.73 Å². The first-order valence-corrected chi connectivity index (χ1v) is 6.88. The fourth-order valence-electron chi connectivity index (χ4n) is 2.28. The van der Waals surface area contributed by atoms with Gasteiger partial charge in [0.05, 0.1) is 0 Å². The van der Waals surface area contributed by atoms with Gasteiger partial charge in [0.1, 0.15) is 0 Å². The molecule has 0 radical (unpaired) electrons. The molecule has 1 heterocycles. The zero-order valence-electron chi connectivity index (χ0n) is 11.6. The highest BCUT2D eigenvalue weighted by Gasteiger charge is 2.22. The topological polar surface area (TPSA) is 53.6 Å². The van der Waals surface area contributed by atoms with Crippen molar-refractivity contribution >= 4 is 5.96 Å². The van der Waals surface area contributed by atoms with Crippen LogP contribution in [0.1, 0.15) is 33.6 Å². The normalized spacial score (nSPS) is 22.4. The predicted molar refractivity (Wildman–Crippen MR) is 74.2 cm³/mol. The Morgan fingerprint density at radius 2 is 2.29 bits per heavy atom. The third kappa shape index (κ3) is 5.91. The van der Waals surface area contributed by atoms with E-state index in [1.165, 1.54) is 26.1 Å². The standard InChI is InChI=1S/C13H28N4/c1-4-6-15-13(14)16-8-12-5-7-17(10-12)9-11(2)3/h11-12H,4-10H2,1-3H3,(H3,14,15,16). The molecule has 1 saturated heterocycles. The number of nitrogens with two attached hydrogens (primary N) is 1.